The molecule has 1 atom stereocenters. The maximum atomic E-state index is 2.34. The molecule has 1 aliphatic carbocycles. The standard InChI is InChI=1S/C21H23NS2/c1-16-4-6-17(7-5-16)22(18-8-12-20(23-2)13-9-18)19-10-14-21(24-3)15-11-19/h4,6-16H,5H2,1-3H3. The molecule has 0 aromatic heterocycles. The molecule has 1 unspecified atom stereocenters. The van der Waals surface area contributed by atoms with E-state index in [2.05, 4.69) is 91.1 Å². The summed E-state index contributed by atoms with van der Waals surface area (Å²) in [6.07, 6.45) is 12.2. The fourth-order valence-electron chi connectivity index (χ4n) is 2.79. The van der Waals surface area contributed by atoms with E-state index in [1.54, 1.807) is 23.5 Å². The maximum absolute atomic E-state index is 2.34. The molecule has 0 N–H and O–H groups in total. The molecule has 0 radical (unpaired) electrons. The molecule has 0 heterocycles. The second-order valence-corrected chi connectivity index (χ2v) is 7.69. The van der Waals surface area contributed by atoms with Gasteiger partial charge in [-0.2, -0.15) is 0 Å². The van der Waals surface area contributed by atoms with Gasteiger partial charge in [-0.25, -0.2) is 0 Å². The molecule has 1 nitrogen and oxygen atoms in total. The van der Waals surface area contributed by atoms with Gasteiger partial charge in [-0.15, -0.1) is 23.5 Å². The topological polar surface area (TPSA) is 3.24 Å². The summed E-state index contributed by atoms with van der Waals surface area (Å²) < 4.78 is 0. The van der Waals surface area contributed by atoms with Gasteiger partial charge in [-0.1, -0.05) is 19.1 Å². The van der Waals surface area contributed by atoms with E-state index in [0.29, 0.717) is 5.92 Å². The molecule has 2 aromatic rings. The molecule has 0 amide bonds. The molecule has 0 saturated heterocycles. The van der Waals surface area contributed by atoms with E-state index in [1.807, 2.05) is 0 Å². The third-order valence-corrected chi connectivity index (χ3v) is 5.70. The van der Waals surface area contributed by atoms with Crippen LogP contribution in [0.1, 0.15) is 13.3 Å². The first kappa shape index (κ1) is 17.2. The molecule has 2 aromatic carbocycles. The Morgan fingerprint density at radius 1 is 0.833 bits per heavy atom. The van der Waals surface area contributed by atoms with Crippen LogP contribution in [-0.4, -0.2) is 12.5 Å². The fourth-order valence-corrected chi connectivity index (χ4v) is 3.61. The summed E-state index contributed by atoms with van der Waals surface area (Å²) in [5.41, 5.74) is 3.66. The highest BCUT2D eigenvalue weighted by atomic mass is 32.2. The van der Waals surface area contributed by atoms with Crippen molar-refractivity contribution in [2.24, 2.45) is 5.92 Å². The van der Waals surface area contributed by atoms with E-state index in [-0.39, 0.29) is 0 Å². The highest BCUT2D eigenvalue weighted by Gasteiger charge is 2.15. The van der Waals surface area contributed by atoms with Crippen LogP contribution in [0.5, 0.6) is 0 Å². The second-order valence-electron chi connectivity index (χ2n) is 5.93. The molecule has 124 valence electrons. The molecular weight excluding hydrogens is 330 g/mol. The Balaban J connectivity index is 2.00. The number of thioether (sulfide) groups is 2. The zero-order valence-electron chi connectivity index (χ0n) is 14.4. The smallest absolute Gasteiger partial charge is 0.0462 e. The van der Waals surface area contributed by atoms with Crippen molar-refractivity contribution in [2.75, 3.05) is 17.4 Å². The van der Waals surface area contributed by atoms with Crippen LogP contribution in [0.15, 0.2) is 82.2 Å². The van der Waals surface area contributed by atoms with Crippen LogP contribution in [0.3, 0.4) is 0 Å². The fraction of sp³-hybridized carbons (Fsp3) is 0.238. The molecule has 0 fully saturated rings. The zero-order valence-corrected chi connectivity index (χ0v) is 16.0. The number of anilines is 2. The van der Waals surface area contributed by atoms with Crippen molar-refractivity contribution in [1.82, 2.24) is 0 Å². The highest BCUT2D eigenvalue weighted by Crippen LogP contribution is 2.34. The Morgan fingerprint density at radius 2 is 1.33 bits per heavy atom. The first-order valence-corrected chi connectivity index (χ1v) is 10.6. The Kier molecular flexibility index (Phi) is 5.75. The SMILES string of the molecule is CSc1ccc(N(C2=CCC(C)C=C2)c2ccc(SC)cc2)cc1. The monoisotopic (exact) mass is 353 g/mol. The largest absolute Gasteiger partial charge is 0.311 e. The summed E-state index contributed by atoms with van der Waals surface area (Å²) in [4.78, 5) is 4.92. The van der Waals surface area contributed by atoms with Gasteiger partial charge < -0.3 is 4.90 Å². The van der Waals surface area contributed by atoms with E-state index >= 15 is 0 Å². The Bertz CT molecular complexity index is 682. The Morgan fingerprint density at radius 3 is 1.71 bits per heavy atom. The summed E-state index contributed by atoms with van der Waals surface area (Å²) in [5.74, 6) is 0.619. The highest BCUT2D eigenvalue weighted by molar-refractivity contribution is 7.98. The molecule has 0 aliphatic heterocycles. The zero-order chi connectivity index (χ0) is 16.9. The lowest BCUT2D eigenvalue weighted by atomic mass is 10.0. The predicted molar refractivity (Wildman–Crippen MR) is 110 cm³/mol. The van der Waals surface area contributed by atoms with Crippen molar-refractivity contribution in [3.8, 4) is 0 Å². The minimum absolute atomic E-state index is 0.619. The number of nitrogens with zero attached hydrogens (tertiary/aromatic N) is 1. The van der Waals surface area contributed by atoms with Crippen LogP contribution < -0.4 is 4.90 Å². The number of rotatable bonds is 5. The van der Waals surface area contributed by atoms with Crippen LogP contribution in [0, 0.1) is 5.92 Å². The molecule has 24 heavy (non-hydrogen) atoms. The number of allylic oxidation sites excluding steroid dienone is 3. The Hall–Kier alpha value is -1.58. The van der Waals surface area contributed by atoms with E-state index in [9.17, 15) is 0 Å². The van der Waals surface area contributed by atoms with E-state index < -0.39 is 0 Å². The van der Waals surface area contributed by atoms with Crippen molar-refractivity contribution < 1.29 is 0 Å². The maximum Gasteiger partial charge on any atom is 0.0462 e. The molecule has 3 heteroatoms. The van der Waals surface area contributed by atoms with E-state index in [4.69, 9.17) is 0 Å². The van der Waals surface area contributed by atoms with Gasteiger partial charge in [0.25, 0.3) is 0 Å². The van der Waals surface area contributed by atoms with Crippen LogP contribution in [0.4, 0.5) is 11.4 Å². The first-order valence-electron chi connectivity index (χ1n) is 8.18. The molecular formula is C21H23NS2. The lowest BCUT2D eigenvalue weighted by molar-refractivity contribution is 0.728. The average molecular weight is 354 g/mol. The predicted octanol–water partition coefficient (Wildman–Crippen LogP) is 6.75. The van der Waals surface area contributed by atoms with E-state index in [0.717, 1.165) is 6.42 Å². The quantitative estimate of drug-likeness (QED) is 0.547. The van der Waals surface area contributed by atoms with Crippen LogP contribution in [-0.2, 0) is 0 Å². The summed E-state index contributed by atoms with van der Waals surface area (Å²) in [7, 11) is 0. The first-order chi connectivity index (χ1) is 11.7. The van der Waals surface area contributed by atoms with Gasteiger partial charge in [0.05, 0.1) is 0 Å². The van der Waals surface area contributed by atoms with Crippen molar-refractivity contribution >= 4 is 34.9 Å². The number of hydrogen-bond donors (Lipinski definition) is 0. The molecule has 1 aliphatic rings. The van der Waals surface area contributed by atoms with Gasteiger partial charge >= 0.3 is 0 Å². The second kappa shape index (κ2) is 8.00. The van der Waals surface area contributed by atoms with Crippen molar-refractivity contribution in [3.05, 3.63) is 72.5 Å². The Labute approximate surface area is 153 Å². The van der Waals surface area contributed by atoms with Gasteiger partial charge in [0, 0.05) is 26.9 Å². The van der Waals surface area contributed by atoms with Gasteiger partial charge in [0.1, 0.15) is 0 Å². The van der Waals surface area contributed by atoms with Crippen LogP contribution in [0.2, 0.25) is 0 Å². The summed E-state index contributed by atoms with van der Waals surface area (Å²) in [5, 5.41) is 0. The molecule has 0 bridgehead atoms. The van der Waals surface area contributed by atoms with E-state index in [1.165, 1.54) is 26.9 Å². The lowest BCUT2D eigenvalue weighted by Crippen LogP contribution is -2.17. The average Bonchev–Trinajstić information content (AvgIpc) is 2.64. The van der Waals surface area contributed by atoms with Crippen LogP contribution in [0.25, 0.3) is 0 Å². The third-order valence-electron chi connectivity index (χ3n) is 4.21. The molecule has 0 spiro atoms. The summed E-state index contributed by atoms with van der Waals surface area (Å²) in [6.45, 7) is 2.26. The van der Waals surface area contributed by atoms with Gasteiger partial charge in [-0.05, 0) is 79.5 Å². The van der Waals surface area contributed by atoms with Gasteiger partial charge in [0.15, 0.2) is 0 Å². The van der Waals surface area contributed by atoms with Crippen molar-refractivity contribution in [3.63, 3.8) is 0 Å². The third kappa shape index (κ3) is 3.90. The van der Waals surface area contributed by atoms with Crippen molar-refractivity contribution in [2.45, 2.75) is 23.1 Å². The lowest BCUT2D eigenvalue weighted by Gasteiger charge is -2.28. The summed E-state index contributed by atoms with van der Waals surface area (Å²) in [6, 6.07) is 17.6. The molecule has 0 saturated carbocycles. The number of hydrogen-bond acceptors (Lipinski definition) is 3. The van der Waals surface area contributed by atoms with Crippen molar-refractivity contribution in [1.29, 1.82) is 0 Å². The van der Waals surface area contributed by atoms with Gasteiger partial charge in [-0.3, -0.25) is 0 Å². The summed E-state index contributed by atoms with van der Waals surface area (Å²) >= 11 is 3.55. The minimum atomic E-state index is 0.619. The minimum Gasteiger partial charge on any atom is -0.311 e. The normalized spacial score (nSPS) is 16.8. The van der Waals surface area contributed by atoms with Gasteiger partial charge in [0.2, 0.25) is 0 Å². The van der Waals surface area contributed by atoms with Crippen LogP contribution >= 0.6 is 23.5 Å². The number of benzene rings is 2. The molecule has 3 rings (SSSR count).